The summed E-state index contributed by atoms with van der Waals surface area (Å²) in [6.07, 6.45) is 5.20. The summed E-state index contributed by atoms with van der Waals surface area (Å²) in [5.41, 5.74) is 1.55. The highest BCUT2D eigenvalue weighted by molar-refractivity contribution is 6.48. The zero-order valence-corrected chi connectivity index (χ0v) is 11.7. The minimum Gasteiger partial charge on any atom is -0.374 e. The Hall–Kier alpha value is -0.345. The highest BCUT2D eigenvalue weighted by Crippen LogP contribution is 2.46. The molecule has 3 aliphatic heterocycles. The fourth-order valence-corrected chi connectivity index (χ4v) is 4.95. The first-order valence-electron chi connectivity index (χ1n) is 7.51. The Labute approximate surface area is 110 Å². The van der Waals surface area contributed by atoms with Gasteiger partial charge in [-0.05, 0) is 33.1 Å². The van der Waals surface area contributed by atoms with E-state index in [9.17, 15) is 0 Å². The van der Waals surface area contributed by atoms with Crippen molar-refractivity contribution in [2.45, 2.75) is 64.1 Å². The fourth-order valence-electron chi connectivity index (χ4n) is 4.95. The lowest BCUT2D eigenvalue weighted by Crippen LogP contribution is -2.60. The van der Waals surface area contributed by atoms with Gasteiger partial charge in [-0.3, -0.25) is 4.49 Å². The maximum Gasteiger partial charge on any atom is 0.686 e. The molecule has 0 spiro atoms. The zero-order chi connectivity index (χ0) is 12.5. The molecule has 0 aromatic rings. The molecule has 0 N–H and O–H groups in total. The minimum absolute atomic E-state index is 0.0173. The van der Waals surface area contributed by atoms with Crippen molar-refractivity contribution in [3.05, 3.63) is 0 Å². The molecule has 1 aliphatic carbocycles. The number of hydrogen-bond donors (Lipinski definition) is 0. The summed E-state index contributed by atoms with van der Waals surface area (Å²) in [6.45, 7) is 7.79. The van der Waals surface area contributed by atoms with Crippen LogP contribution in [-0.4, -0.2) is 41.5 Å². The van der Waals surface area contributed by atoms with Crippen molar-refractivity contribution in [3.63, 3.8) is 0 Å². The highest BCUT2D eigenvalue weighted by Gasteiger charge is 2.67. The molecular weight excluding hydrogens is 225 g/mol. The quantitative estimate of drug-likeness (QED) is 0.610. The maximum absolute atomic E-state index is 6.48. The molecule has 0 bridgehead atoms. The van der Waals surface area contributed by atoms with Crippen molar-refractivity contribution >= 4 is 12.8 Å². The van der Waals surface area contributed by atoms with Crippen LogP contribution in [0.2, 0.25) is 0 Å². The lowest BCUT2D eigenvalue weighted by Gasteiger charge is -2.40. The Morgan fingerprint density at radius 2 is 2.11 bits per heavy atom. The molecule has 4 heteroatoms. The standard InChI is InChI=1S/C14H23BNO2/c1-9-10-7-8-17-13(10)15-16(9)12-6-4-5-11(12)14(2,3)18-15/h10-13H,4-8H2,1-3H3/q+1/t10?,11-,12+,13?/m0/s1. The average Bonchev–Trinajstić information content (AvgIpc) is 2.98. The molecule has 4 aliphatic rings. The third-order valence-electron chi connectivity index (χ3n) is 5.79. The van der Waals surface area contributed by atoms with E-state index in [2.05, 4.69) is 25.3 Å². The Morgan fingerprint density at radius 1 is 1.28 bits per heavy atom. The molecule has 3 fully saturated rings. The summed E-state index contributed by atoms with van der Waals surface area (Å²) in [6, 6.07) is 0.999. The van der Waals surface area contributed by atoms with Gasteiger partial charge >= 0.3 is 7.05 Å². The van der Waals surface area contributed by atoms with E-state index in [4.69, 9.17) is 9.39 Å². The van der Waals surface area contributed by atoms with Gasteiger partial charge in [-0.2, -0.15) is 0 Å². The van der Waals surface area contributed by atoms with Crippen LogP contribution in [0, 0.1) is 11.8 Å². The average molecular weight is 248 g/mol. The number of ether oxygens (including phenoxy) is 1. The molecule has 3 heterocycles. The van der Waals surface area contributed by atoms with Gasteiger partial charge in [0.25, 0.3) is 0 Å². The van der Waals surface area contributed by atoms with Crippen LogP contribution in [0.15, 0.2) is 0 Å². The Bertz CT molecular complexity index is 420. The van der Waals surface area contributed by atoms with Crippen molar-refractivity contribution in [2.24, 2.45) is 11.8 Å². The van der Waals surface area contributed by atoms with E-state index < -0.39 is 0 Å². The van der Waals surface area contributed by atoms with Crippen LogP contribution in [0.1, 0.15) is 46.5 Å². The predicted molar refractivity (Wildman–Crippen MR) is 70.8 cm³/mol. The van der Waals surface area contributed by atoms with E-state index in [0.717, 1.165) is 6.61 Å². The number of hydrogen-bond acceptors (Lipinski definition) is 2. The second-order valence-corrected chi connectivity index (χ2v) is 7.00. The summed E-state index contributed by atoms with van der Waals surface area (Å²) in [5, 5.41) is 0. The van der Waals surface area contributed by atoms with Gasteiger partial charge in [0.05, 0.1) is 11.5 Å². The molecule has 0 amide bonds. The molecular formula is C14H23BNO2+. The summed E-state index contributed by atoms with van der Waals surface area (Å²) >= 11 is 0. The number of rotatable bonds is 0. The molecule has 98 valence electrons. The molecule has 4 rings (SSSR count). The van der Waals surface area contributed by atoms with E-state index in [1.807, 2.05) is 0 Å². The van der Waals surface area contributed by atoms with E-state index in [-0.39, 0.29) is 12.7 Å². The van der Waals surface area contributed by atoms with E-state index in [0.29, 0.717) is 23.9 Å². The van der Waals surface area contributed by atoms with E-state index in [1.165, 1.54) is 31.4 Å². The van der Waals surface area contributed by atoms with E-state index in [1.54, 1.807) is 0 Å². The lowest BCUT2D eigenvalue weighted by atomic mass is 9.66. The number of nitrogens with zero attached hydrogens (tertiary/aromatic N) is 1. The molecule has 0 aromatic heterocycles. The molecule has 4 atom stereocenters. The smallest absolute Gasteiger partial charge is 0.374 e. The molecule has 18 heavy (non-hydrogen) atoms. The third-order valence-corrected chi connectivity index (χ3v) is 5.79. The van der Waals surface area contributed by atoms with Crippen molar-refractivity contribution in [1.29, 1.82) is 0 Å². The topological polar surface area (TPSA) is 21.5 Å². The van der Waals surface area contributed by atoms with Gasteiger partial charge in [-0.15, -0.1) is 0 Å². The zero-order valence-electron chi connectivity index (χ0n) is 11.7. The molecule has 2 saturated heterocycles. The van der Waals surface area contributed by atoms with Crippen molar-refractivity contribution in [1.82, 2.24) is 0 Å². The summed E-state index contributed by atoms with van der Waals surface area (Å²) < 4.78 is 15.0. The Morgan fingerprint density at radius 3 is 2.94 bits per heavy atom. The summed E-state index contributed by atoms with van der Waals surface area (Å²) in [4.78, 5) is 0. The van der Waals surface area contributed by atoms with Gasteiger partial charge < -0.3 is 9.39 Å². The van der Waals surface area contributed by atoms with Crippen LogP contribution in [0.25, 0.3) is 0 Å². The largest absolute Gasteiger partial charge is 0.686 e. The van der Waals surface area contributed by atoms with E-state index >= 15 is 0 Å². The molecule has 0 aromatic carbocycles. The normalized spacial score (nSPS) is 45.2. The SMILES string of the molecule is CC1=[N+]2B(OC(C)(C)[C@H]3CCC[C@H]32)C2OCCC12. The van der Waals surface area contributed by atoms with Crippen LogP contribution < -0.4 is 0 Å². The Kier molecular flexibility index (Phi) is 2.30. The summed E-state index contributed by atoms with van der Waals surface area (Å²) in [5.74, 6) is 1.31. The van der Waals surface area contributed by atoms with Gasteiger partial charge in [-0.25, -0.2) is 0 Å². The fraction of sp³-hybridized carbons (Fsp3) is 0.929. The number of fused-ring (bicyclic) bond motifs is 5. The minimum atomic E-state index is 0.0173. The van der Waals surface area contributed by atoms with Gasteiger partial charge in [0.2, 0.25) is 0 Å². The van der Waals surface area contributed by atoms with Gasteiger partial charge in [0.15, 0.2) is 6.00 Å². The predicted octanol–water partition coefficient (Wildman–Crippen LogP) is 1.88. The second kappa shape index (κ2) is 3.60. The first-order chi connectivity index (χ1) is 8.59. The molecule has 1 saturated carbocycles. The Balaban J connectivity index is 1.78. The lowest BCUT2D eigenvalue weighted by molar-refractivity contribution is -0.487. The van der Waals surface area contributed by atoms with Crippen molar-refractivity contribution in [2.75, 3.05) is 6.61 Å². The van der Waals surface area contributed by atoms with Crippen LogP contribution in [0.4, 0.5) is 0 Å². The third kappa shape index (κ3) is 1.31. The monoisotopic (exact) mass is 248 g/mol. The first kappa shape index (κ1) is 11.5. The van der Waals surface area contributed by atoms with Gasteiger partial charge in [0.1, 0.15) is 11.8 Å². The molecule has 0 radical (unpaired) electrons. The van der Waals surface area contributed by atoms with Gasteiger partial charge in [-0.1, -0.05) is 0 Å². The second-order valence-electron chi connectivity index (χ2n) is 7.00. The van der Waals surface area contributed by atoms with Crippen LogP contribution in [-0.2, 0) is 9.39 Å². The van der Waals surface area contributed by atoms with Crippen LogP contribution in [0.3, 0.4) is 0 Å². The molecule has 3 nitrogen and oxygen atoms in total. The van der Waals surface area contributed by atoms with Crippen LogP contribution >= 0.6 is 0 Å². The maximum atomic E-state index is 6.48. The molecule has 2 unspecified atom stereocenters. The van der Waals surface area contributed by atoms with Gasteiger partial charge in [0, 0.05) is 25.9 Å². The van der Waals surface area contributed by atoms with Crippen LogP contribution in [0.5, 0.6) is 0 Å². The first-order valence-corrected chi connectivity index (χ1v) is 7.51. The van der Waals surface area contributed by atoms with Crippen molar-refractivity contribution < 1.29 is 13.9 Å². The highest BCUT2D eigenvalue weighted by atomic mass is 16.5. The van der Waals surface area contributed by atoms with Crippen molar-refractivity contribution in [3.8, 4) is 0 Å². The summed E-state index contributed by atoms with van der Waals surface area (Å²) in [7, 11) is 0.187.